The Bertz CT molecular complexity index is 958. The minimum Gasteiger partial charge on any atom is -0.385 e. The van der Waals surface area contributed by atoms with E-state index < -0.39 is 0 Å². The van der Waals surface area contributed by atoms with Crippen LogP contribution in [0.25, 0.3) is 0 Å². The van der Waals surface area contributed by atoms with Gasteiger partial charge in [-0.1, -0.05) is 48.5 Å². The number of benzene rings is 2. The zero-order chi connectivity index (χ0) is 20.8. The Kier molecular flexibility index (Phi) is 6.39. The number of anilines is 1. The molecule has 4 rings (SSSR count). The summed E-state index contributed by atoms with van der Waals surface area (Å²) in [5.41, 5.74) is 2.19. The molecule has 1 N–H and O–H groups in total. The molecule has 0 spiro atoms. The standard InChI is InChI=1S/C23H27N5O2/c1-30-15-14-27-17-22-26-25-21(12-13-24-19-10-6-3-7-11-19)28(22)20(23(27)29)16-18-8-4-2-5-9-18/h2-11,20,24H,12-17H2,1H3/t20-/m1/s1. The predicted octanol–water partition coefficient (Wildman–Crippen LogP) is 2.71. The molecule has 0 saturated heterocycles. The number of nitrogens with zero attached hydrogens (tertiary/aromatic N) is 4. The average Bonchev–Trinajstić information content (AvgIpc) is 3.18. The smallest absolute Gasteiger partial charge is 0.246 e. The summed E-state index contributed by atoms with van der Waals surface area (Å²) < 4.78 is 7.24. The first kappa shape index (κ1) is 20.1. The van der Waals surface area contributed by atoms with Crippen LogP contribution in [0.1, 0.15) is 23.3 Å². The molecular weight excluding hydrogens is 378 g/mol. The van der Waals surface area contributed by atoms with Gasteiger partial charge in [0.1, 0.15) is 11.9 Å². The molecule has 0 saturated carbocycles. The number of nitrogens with one attached hydrogen (secondary N) is 1. The highest BCUT2D eigenvalue weighted by atomic mass is 16.5. The second-order valence-electron chi connectivity index (χ2n) is 7.40. The van der Waals surface area contributed by atoms with Crippen LogP contribution in [0.2, 0.25) is 0 Å². The largest absolute Gasteiger partial charge is 0.385 e. The first-order valence-corrected chi connectivity index (χ1v) is 10.3. The van der Waals surface area contributed by atoms with Crippen LogP contribution in [-0.2, 0) is 28.9 Å². The van der Waals surface area contributed by atoms with Crippen LogP contribution in [0.15, 0.2) is 60.7 Å². The molecule has 1 aliphatic rings. The lowest BCUT2D eigenvalue weighted by Crippen LogP contribution is -2.45. The molecule has 1 amide bonds. The summed E-state index contributed by atoms with van der Waals surface area (Å²) in [6.07, 6.45) is 1.31. The number of para-hydroxylation sites is 1. The van der Waals surface area contributed by atoms with Crippen LogP contribution in [0.4, 0.5) is 5.69 Å². The molecular formula is C23H27N5O2. The summed E-state index contributed by atoms with van der Waals surface area (Å²) in [4.78, 5) is 15.1. The highest BCUT2D eigenvalue weighted by Crippen LogP contribution is 2.26. The Balaban J connectivity index is 1.55. The molecule has 7 nitrogen and oxygen atoms in total. The van der Waals surface area contributed by atoms with Crippen LogP contribution in [-0.4, -0.2) is 52.4 Å². The number of fused-ring (bicyclic) bond motifs is 1. The van der Waals surface area contributed by atoms with Gasteiger partial charge in [0.2, 0.25) is 5.91 Å². The molecule has 0 unspecified atom stereocenters. The lowest BCUT2D eigenvalue weighted by Gasteiger charge is -2.34. The normalized spacial score (nSPS) is 15.8. The lowest BCUT2D eigenvalue weighted by atomic mass is 10.0. The number of amides is 1. The van der Waals surface area contributed by atoms with Gasteiger partial charge in [0.15, 0.2) is 5.82 Å². The summed E-state index contributed by atoms with van der Waals surface area (Å²) in [7, 11) is 1.65. The molecule has 1 aromatic heterocycles. The zero-order valence-corrected chi connectivity index (χ0v) is 17.2. The van der Waals surface area contributed by atoms with E-state index in [1.165, 1.54) is 0 Å². The topological polar surface area (TPSA) is 72.3 Å². The van der Waals surface area contributed by atoms with E-state index in [2.05, 4.69) is 27.6 Å². The third-order valence-corrected chi connectivity index (χ3v) is 5.37. The fourth-order valence-corrected chi connectivity index (χ4v) is 3.85. The van der Waals surface area contributed by atoms with Crippen molar-refractivity contribution in [3.05, 3.63) is 77.9 Å². The zero-order valence-electron chi connectivity index (χ0n) is 17.2. The van der Waals surface area contributed by atoms with E-state index in [9.17, 15) is 4.79 Å². The highest BCUT2D eigenvalue weighted by molar-refractivity contribution is 5.82. The lowest BCUT2D eigenvalue weighted by molar-refractivity contribution is -0.138. The summed E-state index contributed by atoms with van der Waals surface area (Å²) in [6, 6.07) is 19.8. The van der Waals surface area contributed by atoms with Crippen molar-refractivity contribution >= 4 is 11.6 Å². The van der Waals surface area contributed by atoms with Gasteiger partial charge in [-0.05, 0) is 17.7 Å². The molecule has 0 radical (unpaired) electrons. The third kappa shape index (κ3) is 4.52. The van der Waals surface area contributed by atoms with E-state index in [0.717, 1.165) is 29.4 Å². The van der Waals surface area contributed by atoms with Crippen LogP contribution < -0.4 is 5.32 Å². The predicted molar refractivity (Wildman–Crippen MR) is 115 cm³/mol. The minimum absolute atomic E-state index is 0.0977. The highest BCUT2D eigenvalue weighted by Gasteiger charge is 2.35. The van der Waals surface area contributed by atoms with Crippen molar-refractivity contribution in [3.63, 3.8) is 0 Å². The number of carbonyl (C=O) groups excluding carboxylic acids is 1. The van der Waals surface area contributed by atoms with Crippen molar-refractivity contribution < 1.29 is 9.53 Å². The van der Waals surface area contributed by atoms with Crippen LogP contribution in [0, 0.1) is 0 Å². The van der Waals surface area contributed by atoms with Crippen molar-refractivity contribution in [2.75, 3.05) is 32.1 Å². The number of aromatic nitrogens is 3. The Hall–Kier alpha value is -3.19. The molecule has 30 heavy (non-hydrogen) atoms. The first-order chi connectivity index (χ1) is 14.8. The molecule has 1 aliphatic heterocycles. The molecule has 156 valence electrons. The first-order valence-electron chi connectivity index (χ1n) is 10.3. The Morgan fingerprint density at radius 1 is 1.07 bits per heavy atom. The van der Waals surface area contributed by atoms with Gasteiger partial charge in [0.05, 0.1) is 13.2 Å². The molecule has 2 aromatic carbocycles. The summed E-state index contributed by atoms with van der Waals surface area (Å²) in [6.45, 7) is 2.25. The molecule has 1 atom stereocenters. The van der Waals surface area contributed by atoms with Crippen LogP contribution in [0.3, 0.4) is 0 Å². The van der Waals surface area contributed by atoms with Crippen molar-refractivity contribution in [3.8, 4) is 0 Å². The van der Waals surface area contributed by atoms with Crippen molar-refractivity contribution in [1.82, 2.24) is 19.7 Å². The fourth-order valence-electron chi connectivity index (χ4n) is 3.85. The maximum atomic E-state index is 13.3. The van der Waals surface area contributed by atoms with Gasteiger partial charge in [-0.25, -0.2) is 0 Å². The number of ether oxygens (including phenoxy) is 1. The minimum atomic E-state index is -0.338. The van der Waals surface area contributed by atoms with Crippen LogP contribution >= 0.6 is 0 Å². The van der Waals surface area contributed by atoms with Crippen molar-refractivity contribution in [2.45, 2.75) is 25.4 Å². The van der Waals surface area contributed by atoms with Gasteiger partial charge in [0.25, 0.3) is 0 Å². The summed E-state index contributed by atoms with van der Waals surface area (Å²) >= 11 is 0. The SMILES string of the molecule is COCCN1Cc2nnc(CCNc3ccccc3)n2[C@H](Cc2ccccc2)C1=O. The molecule has 0 fully saturated rings. The number of carbonyl (C=O) groups is 1. The van der Waals surface area contributed by atoms with E-state index in [0.29, 0.717) is 32.5 Å². The fraction of sp³-hybridized carbons (Fsp3) is 0.348. The quantitative estimate of drug-likeness (QED) is 0.593. The van der Waals surface area contributed by atoms with E-state index in [-0.39, 0.29) is 11.9 Å². The van der Waals surface area contributed by atoms with Crippen LogP contribution in [0.5, 0.6) is 0 Å². The van der Waals surface area contributed by atoms with Gasteiger partial charge in [-0.3, -0.25) is 4.79 Å². The van der Waals surface area contributed by atoms with E-state index in [4.69, 9.17) is 4.74 Å². The van der Waals surface area contributed by atoms with E-state index in [1.807, 2.05) is 58.0 Å². The van der Waals surface area contributed by atoms with Gasteiger partial charge in [0, 0.05) is 38.7 Å². The Morgan fingerprint density at radius 3 is 2.53 bits per heavy atom. The van der Waals surface area contributed by atoms with Crippen molar-refractivity contribution in [1.29, 1.82) is 0 Å². The average molecular weight is 406 g/mol. The molecule has 0 aliphatic carbocycles. The number of rotatable bonds is 9. The molecule has 3 aromatic rings. The van der Waals surface area contributed by atoms with Gasteiger partial charge in [-0.2, -0.15) is 0 Å². The summed E-state index contributed by atoms with van der Waals surface area (Å²) in [5.74, 6) is 1.77. The van der Waals surface area contributed by atoms with E-state index >= 15 is 0 Å². The van der Waals surface area contributed by atoms with Gasteiger partial charge in [-0.15, -0.1) is 10.2 Å². The number of hydrogen-bond donors (Lipinski definition) is 1. The second-order valence-corrected chi connectivity index (χ2v) is 7.40. The number of hydrogen-bond acceptors (Lipinski definition) is 5. The number of methoxy groups -OCH3 is 1. The van der Waals surface area contributed by atoms with Gasteiger partial charge >= 0.3 is 0 Å². The second kappa shape index (κ2) is 9.54. The van der Waals surface area contributed by atoms with Gasteiger partial charge < -0.3 is 19.5 Å². The monoisotopic (exact) mass is 405 g/mol. The maximum absolute atomic E-state index is 13.3. The molecule has 2 heterocycles. The molecule has 0 bridgehead atoms. The van der Waals surface area contributed by atoms with E-state index in [1.54, 1.807) is 7.11 Å². The van der Waals surface area contributed by atoms with Crippen molar-refractivity contribution in [2.24, 2.45) is 0 Å². The molecule has 7 heteroatoms. The Morgan fingerprint density at radius 2 is 1.80 bits per heavy atom. The maximum Gasteiger partial charge on any atom is 0.246 e. The summed E-state index contributed by atoms with van der Waals surface area (Å²) in [5, 5.41) is 12.3. The Labute approximate surface area is 176 Å². The third-order valence-electron chi connectivity index (χ3n) is 5.37.